The fourth-order valence-electron chi connectivity index (χ4n) is 1.51. The Morgan fingerprint density at radius 2 is 2.16 bits per heavy atom. The minimum Gasteiger partial charge on any atom is -0.430 e. The highest BCUT2D eigenvalue weighted by Crippen LogP contribution is 2.37. The number of ether oxygens (including phenoxy) is 1. The van der Waals surface area contributed by atoms with Crippen LogP contribution < -0.4 is 10.5 Å². The predicted molar refractivity (Wildman–Crippen MR) is 70.3 cm³/mol. The van der Waals surface area contributed by atoms with Gasteiger partial charge in [-0.05, 0) is 12.1 Å². The standard InChI is InChI=1S/C12H10ClN3O3/c13-9-4-1-5-10(16(17)18)11(9)19-12-8(7-14)3-2-6-15-12/h1-6H,7,14H2. The average Bonchev–Trinajstić information content (AvgIpc) is 2.41. The van der Waals surface area contributed by atoms with E-state index in [2.05, 4.69) is 4.98 Å². The molecular formula is C12H10ClN3O3. The van der Waals surface area contributed by atoms with Gasteiger partial charge in [0.1, 0.15) is 0 Å². The van der Waals surface area contributed by atoms with Gasteiger partial charge in [-0.3, -0.25) is 10.1 Å². The molecule has 7 heteroatoms. The van der Waals surface area contributed by atoms with Crippen molar-refractivity contribution in [3.05, 3.63) is 57.2 Å². The Kier molecular flexibility index (Phi) is 3.94. The third kappa shape index (κ3) is 2.81. The van der Waals surface area contributed by atoms with Gasteiger partial charge in [0.05, 0.1) is 9.95 Å². The van der Waals surface area contributed by atoms with Crippen molar-refractivity contribution in [2.45, 2.75) is 6.54 Å². The van der Waals surface area contributed by atoms with E-state index >= 15 is 0 Å². The summed E-state index contributed by atoms with van der Waals surface area (Å²) in [6.45, 7) is 0.210. The van der Waals surface area contributed by atoms with E-state index in [-0.39, 0.29) is 28.9 Å². The van der Waals surface area contributed by atoms with Gasteiger partial charge in [-0.25, -0.2) is 4.98 Å². The van der Waals surface area contributed by atoms with Gasteiger partial charge in [0.2, 0.25) is 11.6 Å². The van der Waals surface area contributed by atoms with Gasteiger partial charge in [0.25, 0.3) is 0 Å². The molecule has 0 spiro atoms. The zero-order valence-corrected chi connectivity index (χ0v) is 10.5. The zero-order valence-electron chi connectivity index (χ0n) is 9.75. The molecule has 1 aromatic heterocycles. The highest BCUT2D eigenvalue weighted by Gasteiger charge is 2.20. The van der Waals surface area contributed by atoms with Gasteiger partial charge in [-0.2, -0.15) is 0 Å². The van der Waals surface area contributed by atoms with Crippen LogP contribution in [0.25, 0.3) is 0 Å². The molecule has 1 aromatic carbocycles. The molecule has 0 radical (unpaired) electrons. The van der Waals surface area contributed by atoms with Crippen molar-refractivity contribution in [1.82, 2.24) is 4.98 Å². The number of nitrogens with zero attached hydrogens (tertiary/aromatic N) is 2. The van der Waals surface area contributed by atoms with Crippen LogP contribution in [0.15, 0.2) is 36.5 Å². The van der Waals surface area contributed by atoms with Crippen LogP contribution in [0.5, 0.6) is 11.6 Å². The third-order valence-corrected chi connectivity index (χ3v) is 2.71. The Hall–Kier alpha value is -2.18. The van der Waals surface area contributed by atoms with Crippen molar-refractivity contribution in [3.63, 3.8) is 0 Å². The van der Waals surface area contributed by atoms with E-state index in [1.165, 1.54) is 24.4 Å². The minimum absolute atomic E-state index is 0.0393. The lowest BCUT2D eigenvalue weighted by Crippen LogP contribution is -2.02. The van der Waals surface area contributed by atoms with Crippen LogP contribution in [0.1, 0.15) is 5.56 Å². The van der Waals surface area contributed by atoms with E-state index in [9.17, 15) is 10.1 Å². The smallest absolute Gasteiger partial charge is 0.313 e. The van der Waals surface area contributed by atoms with Crippen LogP contribution in [0, 0.1) is 10.1 Å². The summed E-state index contributed by atoms with van der Waals surface area (Å²) >= 11 is 5.93. The summed E-state index contributed by atoms with van der Waals surface area (Å²) in [6.07, 6.45) is 1.51. The number of benzene rings is 1. The van der Waals surface area contributed by atoms with Crippen molar-refractivity contribution in [2.24, 2.45) is 5.73 Å². The first-order chi connectivity index (χ1) is 9.13. The molecule has 2 N–H and O–H groups in total. The second-order valence-corrected chi connectivity index (χ2v) is 4.03. The van der Waals surface area contributed by atoms with Crippen LogP contribution >= 0.6 is 11.6 Å². The summed E-state index contributed by atoms with van der Waals surface area (Å²) in [5.74, 6) is 0.170. The first kappa shape index (κ1) is 13.3. The lowest BCUT2D eigenvalue weighted by Gasteiger charge is -2.09. The van der Waals surface area contributed by atoms with Gasteiger partial charge < -0.3 is 10.5 Å². The van der Waals surface area contributed by atoms with E-state index in [4.69, 9.17) is 22.1 Å². The second kappa shape index (κ2) is 5.64. The highest BCUT2D eigenvalue weighted by molar-refractivity contribution is 6.32. The molecule has 1 heterocycles. The topological polar surface area (TPSA) is 91.3 Å². The van der Waals surface area contributed by atoms with Gasteiger partial charge in [0.15, 0.2) is 0 Å². The molecule has 19 heavy (non-hydrogen) atoms. The average molecular weight is 280 g/mol. The molecule has 6 nitrogen and oxygen atoms in total. The molecule has 0 unspecified atom stereocenters. The monoisotopic (exact) mass is 279 g/mol. The number of nitro benzene ring substituents is 1. The van der Waals surface area contributed by atoms with Crippen molar-refractivity contribution in [3.8, 4) is 11.6 Å². The molecule has 0 saturated carbocycles. The summed E-state index contributed by atoms with van der Waals surface area (Å²) in [7, 11) is 0. The van der Waals surface area contributed by atoms with E-state index in [1.807, 2.05) is 0 Å². The highest BCUT2D eigenvalue weighted by atomic mass is 35.5. The fraction of sp³-hybridized carbons (Fsp3) is 0.0833. The van der Waals surface area contributed by atoms with Gasteiger partial charge in [0, 0.05) is 24.4 Å². The van der Waals surface area contributed by atoms with Crippen LogP contribution in [0.4, 0.5) is 5.69 Å². The Morgan fingerprint density at radius 1 is 1.37 bits per heavy atom. The zero-order chi connectivity index (χ0) is 13.8. The predicted octanol–water partition coefficient (Wildman–Crippen LogP) is 2.89. The van der Waals surface area contributed by atoms with Crippen molar-refractivity contribution in [1.29, 1.82) is 0 Å². The molecule has 0 saturated heterocycles. The van der Waals surface area contributed by atoms with Crippen molar-refractivity contribution in [2.75, 3.05) is 0 Å². The Bertz CT molecular complexity index is 619. The summed E-state index contributed by atoms with van der Waals surface area (Å²) in [5, 5.41) is 11.1. The Labute approximate surface area is 113 Å². The third-order valence-electron chi connectivity index (χ3n) is 2.41. The number of halogens is 1. The number of rotatable bonds is 4. The number of para-hydroxylation sites is 1. The van der Waals surface area contributed by atoms with Crippen LogP contribution in [0.3, 0.4) is 0 Å². The maximum absolute atomic E-state index is 10.9. The number of nitrogens with two attached hydrogens (primary N) is 1. The molecule has 98 valence electrons. The molecule has 0 fully saturated rings. The maximum atomic E-state index is 10.9. The van der Waals surface area contributed by atoms with Crippen molar-refractivity contribution < 1.29 is 9.66 Å². The molecule has 0 atom stereocenters. The molecule has 2 aromatic rings. The van der Waals surface area contributed by atoms with Gasteiger partial charge >= 0.3 is 5.69 Å². The first-order valence-corrected chi connectivity index (χ1v) is 5.76. The van der Waals surface area contributed by atoms with Gasteiger partial charge in [-0.1, -0.05) is 23.7 Å². The van der Waals surface area contributed by atoms with Crippen LogP contribution in [-0.2, 0) is 6.54 Å². The molecular weight excluding hydrogens is 270 g/mol. The fourth-order valence-corrected chi connectivity index (χ4v) is 1.72. The second-order valence-electron chi connectivity index (χ2n) is 3.62. The molecule has 0 aliphatic heterocycles. The van der Waals surface area contributed by atoms with Crippen molar-refractivity contribution >= 4 is 17.3 Å². The molecule has 0 amide bonds. The van der Waals surface area contributed by atoms with E-state index < -0.39 is 4.92 Å². The molecule has 0 aliphatic rings. The number of aromatic nitrogens is 1. The largest absolute Gasteiger partial charge is 0.430 e. The normalized spacial score (nSPS) is 10.2. The minimum atomic E-state index is -0.563. The van der Waals surface area contributed by atoms with Crippen LogP contribution in [-0.4, -0.2) is 9.91 Å². The summed E-state index contributed by atoms with van der Waals surface area (Å²) in [5.41, 5.74) is 5.97. The lowest BCUT2D eigenvalue weighted by molar-refractivity contribution is -0.385. The maximum Gasteiger partial charge on any atom is 0.313 e. The van der Waals surface area contributed by atoms with E-state index in [0.29, 0.717) is 5.56 Å². The number of pyridine rings is 1. The molecule has 0 aliphatic carbocycles. The molecule has 0 bridgehead atoms. The van der Waals surface area contributed by atoms with Crippen LogP contribution in [0.2, 0.25) is 5.02 Å². The number of hydrogen-bond acceptors (Lipinski definition) is 5. The number of hydrogen-bond donors (Lipinski definition) is 1. The lowest BCUT2D eigenvalue weighted by atomic mass is 10.2. The quantitative estimate of drug-likeness (QED) is 0.686. The Balaban J connectivity index is 2.46. The first-order valence-electron chi connectivity index (χ1n) is 5.38. The summed E-state index contributed by atoms with van der Waals surface area (Å²) in [6, 6.07) is 7.73. The van der Waals surface area contributed by atoms with E-state index in [0.717, 1.165) is 0 Å². The summed E-state index contributed by atoms with van der Waals surface area (Å²) in [4.78, 5) is 14.4. The number of nitro groups is 1. The summed E-state index contributed by atoms with van der Waals surface area (Å²) < 4.78 is 5.46. The SMILES string of the molecule is NCc1cccnc1Oc1c(Cl)cccc1[N+](=O)[O-]. The Morgan fingerprint density at radius 3 is 2.84 bits per heavy atom. The molecule has 2 rings (SSSR count). The van der Waals surface area contributed by atoms with Gasteiger partial charge in [-0.15, -0.1) is 0 Å². The van der Waals surface area contributed by atoms with E-state index in [1.54, 1.807) is 12.1 Å².